The lowest BCUT2D eigenvalue weighted by Gasteiger charge is -2.09. The third-order valence-electron chi connectivity index (χ3n) is 2.40. The lowest BCUT2D eigenvalue weighted by molar-refractivity contribution is 0.594. The fourth-order valence-electron chi connectivity index (χ4n) is 1.68. The van der Waals surface area contributed by atoms with Crippen LogP contribution in [-0.2, 0) is 6.42 Å². The van der Waals surface area contributed by atoms with Crippen molar-refractivity contribution in [3.05, 3.63) is 24.4 Å². The number of rotatable bonds is 4. The van der Waals surface area contributed by atoms with Crippen molar-refractivity contribution >= 4 is 5.65 Å². The molecule has 0 aromatic carbocycles. The van der Waals surface area contributed by atoms with E-state index in [-0.39, 0.29) is 6.04 Å². The normalized spacial score (nSPS) is 13.2. The molecule has 0 aliphatic rings. The summed E-state index contributed by atoms with van der Waals surface area (Å²) < 4.78 is 1.86. The van der Waals surface area contributed by atoms with Crippen LogP contribution < -0.4 is 5.73 Å². The fraction of sp³-hybridized carbons (Fsp3) is 0.500. The van der Waals surface area contributed by atoms with E-state index in [0.29, 0.717) is 0 Å². The summed E-state index contributed by atoms with van der Waals surface area (Å²) in [5, 5.41) is 7.87. The van der Waals surface area contributed by atoms with Crippen LogP contribution >= 0.6 is 0 Å². The maximum absolute atomic E-state index is 5.98. The molecular weight excluding hydrogens is 190 g/mol. The van der Waals surface area contributed by atoms with Gasteiger partial charge in [-0.15, -0.1) is 10.2 Å². The Labute approximate surface area is 88.3 Å². The molecule has 0 fully saturated rings. The molecule has 0 aliphatic carbocycles. The summed E-state index contributed by atoms with van der Waals surface area (Å²) in [6.45, 7) is 2.13. The molecule has 2 aromatic heterocycles. The van der Waals surface area contributed by atoms with E-state index in [0.717, 1.165) is 30.6 Å². The van der Waals surface area contributed by atoms with E-state index >= 15 is 0 Å². The Morgan fingerprint density at radius 2 is 2.40 bits per heavy atom. The monoisotopic (exact) mass is 205 g/mol. The summed E-state index contributed by atoms with van der Waals surface area (Å²) in [4.78, 5) is 4.30. The number of hydrogen-bond donors (Lipinski definition) is 1. The highest BCUT2D eigenvalue weighted by Gasteiger charge is 2.09. The molecule has 5 heteroatoms. The van der Waals surface area contributed by atoms with Crippen molar-refractivity contribution in [2.45, 2.75) is 32.2 Å². The summed E-state index contributed by atoms with van der Waals surface area (Å²) in [5.74, 6) is 0. The second-order valence-electron chi connectivity index (χ2n) is 3.69. The molecule has 80 valence electrons. The van der Waals surface area contributed by atoms with Crippen molar-refractivity contribution in [1.82, 2.24) is 19.6 Å². The molecule has 0 spiro atoms. The van der Waals surface area contributed by atoms with Gasteiger partial charge < -0.3 is 5.73 Å². The van der Waals surface area contributed by atoms with Crippen LogP contribution in [-0.4, -0.2) is 25.6 Å². The van der Waals surface area contributed by atoms with E-state index in [1.165, 1.54) is 0 Å². The van der Waals surface area contributed by atoms with Gasteiger partial charge in [-0.3, -0.25) is 9.38 Å². The molecule has 1 unspecified atom stereocenters. The topological polar surface area (TPSA) is 69.1 Å². The minimum absolute atomic E-state index is 0.158. The molecule has 0 amide bonds. The Kier molecular flexibility index (Phi) is 2.91. The van der Waals surface area contributed by atoms with Crippen LogP contribution in [0.2, 0.25) is 0 Å². The predicted molar refractivity (Wildman–Crippen MR) is 57.4 cm³/mol. The van der Waals surface area contributed by atoms with E-state index in [9.17, 15) is 0 Å². The highest BCUT2D eigenvalue weighted by Crippen LogP contribution is 2.08. The Morgan fingerprint density at radius 1 is 1.53 bits per heavy atom. The van der Waals surface area contributed by atoms with Crippen LogP contribution in [0.3, 0.4) is 0 Å². The summed E-state index contributed by atoms with van der Waals surface area (Å²) in [6.07, 6.45) is 8.13. The van der Waals surface area contributed by atoms with Gasteiger partial charge in [0.2, 0.25) is 0 Å². The molecule has 0 saturated heterocycles. The van der Waals surface area contributed by atoms with Crippen molar-refractivity contribution in [2.75, 3.05) is 0 Å². The Morgan fingerprint density at radius 3 is 3.20 bits per heavy atom. The summed E-state index contributed by atoms with van der Waals surface area (Å²) in [7, 11) is 0. The van der Waals surface area contributed by atoms with Gasteiger partial charge in [0, 0.05) is 24.9 Å². The van der Waals surface area contributed by atoms with E-state index in [1.807, 2.05) is 10.6 Å². The van der Waals surface area contributed by atoms with Gasteiger partial charge in [-0.1, -0.05) is 13.3 Å². The van der Waals surface area contributed by atoms with Crippen molar-refractivity contribution < 1.29 is 0 Å². The van der Waals surface area contributed by atoms with Gasteiger partial charge in [0.25, 0.3) is 0 Å². The average molecular weight is 205 g/mol. The van der Waals surface area contributed by atoms with Gasteiger partial charge in [0.1, 0.15) is 6.33 Å². The first-order valence-corrected chi connectivity index (χ1v) is 5.20. The predicted octanol–water partition coefficient (Wildman–Crippen LogP) is 0.794. The summed E-state index contributed by atoms with van der Waals surface area (Å²) in [6, 6.07) is 0.158. The van der Waals surface area contributed by atoms with Crippen molar-refractivity contribution in [2.24, 2.45) is 5.73 Å². The van der Waals surface area contributed by atoms with Gasteiger partial charge >= 0.3 is 0 Å². The van der Waals surface area contributed by atoms with E-state index in [4.69, 9.17) is 5.73 Å². The van der Waals surface area contributed by atoms with Crippen LogP contribution in [0.15, 0.2) is 18.7 Å². The standard InChI is InChI=1S/C10H15N5/c1-2-3-8(11)6-9-10-14-13-7-15(10)5-4-12-9/h4-5,7-8H,2-3,6,11H2,1H3. The number of aromatic nitrogens is 4. The molecular formula is C10H15N5. The largest absolute Gasteiger partial charge is 0.327 e. The molecule has 0 aliphatic heterocycles. The second-order valence-corrected chi connectivity index (χ2v) is 3.69. The maximum atomic E-state index is 5.98. The van der Waals surface area contributed by atoms with Gasteiger partial charge in [-0.25, -0.2) is 0 Å². The SMILES string of the molecule is CCCC(N)Cc1nccn2cnnc12. The lowest BCUT2D eigenvalue weighted by atomic mass is 10.1. The minimum Gasteiger partial charge on any atom is -0.327 e. The molecule has 2 rings (SSSR count). The highest BCUT2D eigenvalue weighted by molar-refractivity contribution is 5.42. The van der Waals surface area contributed by atoms with Crippen LogP contribution in [0.1, 0.15) is 25.5 Å². The smallest absolute Gasteiger partial charge is 0.182 e. The summed E-state index contributed by atoms with van der Waals surface area (Å²) >= 11 is 0. The van der Waals surface area contributed by atoms with E-state index in [2.05, 4.69) is 22.1 Å². The van der Waals surface area contributed by atoms with Gasteiger partial charge in [-0.05, 0) is 6.42 Å². The van der Waals surface area contributed by atoms with Crippen LogP contribution in [0.5, 0.6) is 0 Å². The Balaban J connectivity index is 2.23. The third kappa shape index (κ3) is 2.12. The van der Waals surface area contributed by atoms with Crippen molar-refractivity contribution in [3.63, 3.8) is 0 Å². The van der Waals surface area contributed by atoms with E-state index in [1.54, 1.807) is 12.5 Å². The average Bonchev–Trinajstić information content (AvgIpc) is 2.67. The fourth-order valence-corrected chi connectivity index (χ4v) is 1.68. The first-order chi connectivity index (χ1) is 7.31. The third-order valence-corrected chi connectivity index (χ3v) is 2.40. The zero-order valence-electron chi connectivity index (χ0n) is 8.80. The number of fused-ring (bicyclic) bond motifs is 1. The molecule has 2 heterocycles. The highest BCUT2D eigenvalue weighted by atomic mass is 15.2. The van der Waals surface area contributed by atoms with Crippen LogP contribution in [0.25, 0.3) is 5.65 Å². The molecule has 0 saturated carbocycles. The number of nitrogens with two attached hydrogens (primary N) is 1. The van der Waals surface area contributed by atoms with Gasteiger partial charge in [0.05, 0.1) is 5.69 Å². The first-order valence-electron chi connectivity index (χ1n) is 5.20. The van der Waals surface area contributed by atoms with Crippen molar-refractivity contribution in [3.8, 4) is 0 Å². The van der Waals surface area contributed by atoms with Gasteiger partial charge in [0.15, 0.2) is 5.65 Å². The molecule has 0 bridgehead atoms. The molecule has 2 N–H and O–H groups in total. The lowest BCUT2D eigenvalue weighted by Crippen LogP contribution is -2.23. The Bertz CT molecular complexity index is 436. The number of nitrogens with zero attached hydrogens (tertiary/aromatic N) is 4. The van der Waals surface area contributed by atoms with Crippen molar-refractivity contribution in [1.29, 1.82) is 0 Å². The van der Waals surface area contributed by atoms with E-state index < -0.39 is 0 Å². The molecule has 0 radical (unpaired) electrons. The molecule has 2 aromatic rings. The Hall–Kier alpha value is -1.49. The zero-order chi connectivity index (χ0) is 10.7. The van der Waals surface area contributed by atoms with Crippen LogP contribution in [0, 0.1) is 0 Å². The second kappa shape index (κ2) is 4.35. The van der Waals surface area contributed by atoms with Crippen LogP contribution in [0.4, 0.5) is 0 Å². The minimum atomic E-state index is 0.158. The molecule has 5 nitrogen and oxygen atoms in total. The zero-order valence-corrected chi connectivity index (χ0v) is 8.80. The first kappa shape index (κ1) is 10.0. The number of hydrogen-bond acceptors (Lipinski definition) is 4. The quantitative estimate of drug-likeness (QED) is 0.801. The molecule has 1 atom stereocenters. The molecule has 15 heavy (non-hydrogen) atoms. The summed E-state index contributed by atoms with van der Waals surface area (Å²) in [5.41, 5.74) is 7.71. The maximum Gasteiger partial charge on any atom is 0.182 e. The van der Waals surface area contributed by atoms with Gasteiger partial charge in [-0.2, -0.15) is 0 Å².